The van der Waals surface area contributed by atoms with Gasteiger partial charge in [-0.05, 0) is 44.7 Å². The molecule has 1 unspecified atom stereocenters. The van der Waals surface area contributed by atoms with E-state index in [1.54, 1.807) is 0 Å². The SMILES string of the molecule is CCC1CCCN(CCCC(C)(C)C(N)=S)C1. The maximum Gasteiger partial charge on any atom is 0.0784 e. The van der Waals surface area contributed by atoms with Crippen molar-refractivity contribution in [3.05, 3.63) is 0 Å². The monoisotopic (exact) mass is 256 g/mol. The molecule has 17 heavy (non-hydrogen) atoms. The molecule has 0 aliphatic carbocycles. The summed E-state index contributed by atoms with van der Waals surface area (Å²) in [6, 6.07) is 0. The molecular formula is C14H28N2S. The van der Waals surface area contributed by atoms with Crippen molar-refractivity contribution in [3.8, 4) is 0 Å². The second-order valence-electron chi connectivity index (χ2n) is 6.07. The van der Waals surface area contributed by atoms with Gasteiger partial charge >= 0.3 is 0 Å². The number of piperidine rings is 1. The van der Waals surface area contributed by atoms with E-state index in [2.05, 4.69) is 25.7 Å². The van der Waals surface area contributed by atoms with Crippen molar-refractivity contribution in [3.63, 3.8) is 0 Å². The molecule has 100 valence electrons. The summed E-state index contributed by atoms with van der Waals surface area (Å²) in [6.45, 7) is 10.4. The molecule has 0 aromatic carbocycles. The Hall–Kier alpha value is -0.150. The fraction of sp³-hybridized carbons (Fsp3) is 0.929. The predicted molar refractivity (Wildman–Crippen MR) is 79.3 cm³/mol. The third-order valence-electron chi connectivity index (χ3n) is 4.12. The van der Waals surface area contributed by atoms with E-state index in [0.717, 1.165) is 12.3 Å². The Kier molecular flexibility index (Phi) is 5.87. The van der Waals surface area contributed by atoms with Gasteiger partial charge in [-0.1, -0.05) is 39.4 Å². The van der Waals surface area contributed by atoms with Crippen molar-refractivity contribution in [1.82, 2.24) is 4.90 Å². The van der Waals surface area contributed by atoms with E-state index in [4.69, 9.17) is 18.0 Å². The zero-order valence-corrected chi connectivity index (χ0v) is 12.5. The van der Waals surface area contributed by atoms with Gasteiger partial charge in [0, 0.05) is 12.0 Å². The summed E-state index contributed by atoms with van der Waals surface area (Å²) in [5, 5.41) is 0. The normalized spacial score (nSPS) is 22.6. The minimum Gasteiger partial charge on any atom is -0.393 e. The highest BCUT2D eigenvalue weighted by molar-refractivity contribution is 7.80. The van der Waals surface area contributed by atoms with Gasteiger partial charge in [-0.15, -0.1) is 0 Å². The van der Waals surface area contributed by atoms with E-state index in [-0.39, 0.29) is 5.41 Å². The van der Waals surface area contributed by atoms with Crippen molar-refractivity contribution in [1.29, 1.82) is 0 Å². The molecule has 0 radical (unpaired) electrons. The highest BCUT2D eigenvalue weighted by atomic mass is 32.1. The van der Waals surface area contributed by atoms with Crippen LogP contribution in [0.2, 0.25) is 0 Å². The maximum absolute atomic E-state index is 5.75. The number of rotatable bonds is 6. The van der Waals surface area contributed by atoms with Gasteiger partial charge < -0.3 is 10.6 Å². The highest BCUT2D eigenvalue weighted by Gasteiger charge is 2.22. The van der Waals surface area contributed by atoms with Crippen LogP contribution in [0.5, 0.6) is 0 Å². The van der Waals surface area contributed by atoms with Crippen LogP contribution in [0.25, 0.3) is 0 Å². The minimum atomic E-state index is 0.0231. The van der Waals surface area contributed by atoms with Crippen molar-refractivity contribution < 1.29 is 0 Å². The number of nitrogens with zero attached hydrogens (tertiary/aromatic N) is 1. The smallest absolute Gasteiger partial charge is 0.0784 e. The summed E-state index contributed by atoms with van der Waals surface area (Å²) in [7, 11) is 0. The Morgan fingerprint density at radius 3 is 2.76 bits per heavy atom. The molecule has 1 aliphatic rings. The van der Waals surface area contributed by atoms with E-state index in [0.29, 0.717) is 4.99 Å². The number of hydrogen-bond acceptors (Lipinski definition) is 2. The van der Waals surface area contributed by atoms with E-state index < -0.39 is 0 Å². The third-order valence-corrected chi connectivity index (χ3v) is 4.68. The van der Waals surface area contributed by atoms with Gasteiger partial charge in [-0.2, -0.15) is 0 Å². The zero-order chi connectivity index (χ0) is 12.9. The topological polar surface area (TPSA) is 29.3 Å². The number of likely N-dealkylation sites (tertiary alicyclic amines) is 1. The van der Waals surface area contributed by atoms with Gasteiger partial charge in [0.05, 0.1) is 4.99 Å². The zero-order valence-electron chi connectivity index (χ0n) is 11.7. The van der Waals surface area contributed by atoms with Gasteiger partial charge in [0.15, 0.2) is 0 Å². The molecule has 0 saturated carbocycles. The first-order valence-corrected chi connectivity index (χ1v) is 7.39. The lowest BCUT2D eigenvalue weighted by atomic mass is 9.87. The Morgan fingerprint density at radius 1 is 1.47 bits per heavy atom. The average molecular weight is 256 g/mol. The molecule has 0 spiro atoms. The molecule has 1 aliphatic heterocycles. The first kappa shape index (κ1) is 14.9. The second kappa shape index (κ2) is 6.69. The molecule has 0 bridgehead atoms. The van der Waals surface area contributed by atoms with E-state index in [1.165, 1.54) is 45.3 Å². The lowest BCUT2D eigenvalue weighted by Crippen LogP contribution is -2.37. The quantitative estimate of drug-likeness (QED) is 0.740. The summed E-state index contributed by atoms with van der Waals surface area (Å²) in [4.78, 5) is 3.27. The summed E-state index contributed by atoms with van der Waals surface area (Å²) in [5.41, 5.74) is 5.77. The van der Waals surface area contributed by atoms with Crippen LogP contribution < -0.4 is 5.73 Å². The van der Waals surface area contributed by atoms with Crippen LogP contribution in [0.15, 0.2) is 0 Å². The second-order valence-corrected chi connectivity index (χ2v) is 6.51. The summed E-state index contributed by atoms with van der Waals surface area (Å²) in [6.07, 6.45) is 6.44. The molecule has 2 nitrogen and oxygen atoms in total. The molecule has 0 aromatic heterocycles. The van der Waals surface area contributed by atoms with Gasteiger partial charge in [-0.3, -0.25) is 0 Å². The molecule has 3 heteroatoms. The summed E-state index contributed by atoms with van der Waals surface area (Å²) >= 11 is 5.10. The fourth-order valence-electron chi connectivity index (χ4n) is 2.56. The Balaban J connectivity index is 2.24. The predicted octanol–water partition coefficient (Wildman–Crippen LogP) is 3.20. The van der Waals surface area contributed by atoms with E-state index in [1.807, 2.05) is 0 Å². The van der Waals surface area contributed by atoms with Crippen molar-refractivity contribution in [2.45, 2.75) is 52.9 Å². The first-order valence-electron chi connectivity index (χ1n) is 6.98. The molecular weight excluding hydrogens is 228 g/mol. The lowest BCUT2D eigenvalue weighted by Gasteiger charge is -2.33. The van der Waals surface area contributed by atoms with Gasteiger partial charge in [0.1, 0.15) is 0 Å². The summed E-state index contributed by atoms with van der Waals surface area (Å²) in [5.74, 6) is 0.923. The van der Waals surface area contributed by atoms with Crippen LogP contribution in [0, 0.1) is 11.3 Å². The van der Waals surface area contributed by atoms with Gasteiger partial charge in [0.2, 0.25) is 0 Å². The Morgan fingerprint density at radius 2 is 2.18 bits per heavy atom. The molecule has 1 saturated heterocycles. The van der Waals surface area contributed by atoms with Gasteiger partial charge in [-0.25, -0.2) is 0 Å². The van der Waals surface area contributed by atoms with Crippen LogP contribution in [0.1, 0.15) is 52.9 Å². The van der Waals surface area contributed by atoms with Crippen LogP contribution in [-0.4, -0.2) is 29.5 Å². The van der Waals surface area contributed by atoms with Crippen molar-refractivity contribution in [2.75, 3.05) is 19.6 Å². The fourth-order valence-corrected chi connectivity index (χ4v) is 2.66. The van der Waals surface area contributed by atoms with Crippen molar-refractivity contribution >= 4 is 17.2 Å². The maximum atomic E-state index is 5.75. The standard InChI is InChI=1S/C14H28N2S/c1-4-12-7-5-9-16(11-12)10-6-8-14(2,3)13(15)17/h12H,4-11H2,1-3H3,(H2,15,17). The number of hydrogen-bond donors (Lipinski definition) is 1. The molecule has 1 fully saturated rings. The van der Waals surface area contributed by atoms with Crippen LogP contribution in [0.3, 0.4) is 0 Å². The first-order chi connectivity index (χ1) is 7.95. The minimum absolute atomic E-state index is 0.0231. The molecule has 1 heterocycles. The van der Waals surface area contributed by atoms with E-state index in [9.17, 15) is 0 Å². The van der Waals surface area contributed by atoms with Crippen molar-refractivity contribution in [2.24, 2.45) is 17.1 Å². The largest absolute Gasteiger partial charge is 0.393 e. The summed E-state index contributed by atoms with van der Waals surface area (Å²) < 4.78 is 0. The molecule has 0 aromatic rings. The average Bonchev–Trinajstić information content (AvgIpc) is 2.29. The molecule has 2 N–H and O–H groups in total. The lowest BCUT2D eigenvalue weighted by molar-refractivity contribution is 0.166. The van der Waals surface area contributed by atoms with Crippen LogP contribution >= 0.6 is 12.2 Å². The number of nitrogens with two attached hydrogens (primary N) is 1. The highest BCUT2D eigenvalue weighted by Crippen LogP contribution is 2.24. The Labute approximate surface area is 112 Å². The molecule has 0 amide bonds. The van der Waals surface area contributed by atoms with Crippen LogP contribution in [0.4, 0.5) is 0 Å². The third kappa shape index (κ3) is 4.92. The van der Waals surface area contributed by atoms with Crippen LogP contribution in [-0.2, 0) is 0 Å². The van der Waals surface area contributed by atoms with E-state index >= 15 is 0 Å². The molecule has 1 atom stereocenters. The number of thiocarbonyl (C=S) groups is 1. The molecule has 1 rings (SSSR count). The Bertz CT molecular complexity index is 251. The van der Waals surface area contributed by atoms with Gasteiger partial charge in [0.25, 0.3) is 0 Å².